The van der Waals surface area contributed by atoms with Gasteiger partial charge in [0.25, 0.3) is 0 Å². The molecule has 0 saturated heterocycles. The molecule has 0 saturated carbocycles. The van der Waals surface area contributed by atoms with Crippen LogP contribution in [-0.2, 0) is 25.6 Å². The topological polar surface area (TPSA) is 55.9 Å². The normalized spacial score (nSPS) is 16.1. The van der Waals surface area contributed by atoms with Crippen molar-refractivity contribution in [3.05, 3.63) is 39.3 Å². The van der Waals surface area contributed by atoms with Gasteiger partial charge in [0.2, 0.25) is 0 Å². The van der Waals surface area contributed by atoms with E-state index >= 15 is 0 Å². The molecule has 2 aromatic rings. The van der Waals surface area contributed by atoms with E-state index in [0.717, 1.165) is 18.6 Å². The van der Waals surface area contributed by atoms with Crippen molar-refractivity contribution < 1.29 is 0 Å². The van der Waals surface area contributed by atoms with Crippen LogP contribution in [0.25, 0.3) is 0 Å². The minimum atomic E-state index is 0.246. The van der Waals surface area contributed by atoms with E-state index in [1.54, 1.807) is 4.88 Å². The minimum absolute atomic E-state index is 0.246. The molecule has 3 rings (SSSR count). The van der Waals surface area contributed by atoms with Crippen LogP contribution in [0.5, 0.6) is 0 Å². The van der Waals surface area contributed by atoms with Gasteiger partial charge in [-0.25, -0.2) is 0 Å². The van der Waals surface area contributed by atoms with Gasteiger partial charge in [-0.15, -0.1) is 11.3 Å². The standard InChI is InChI=1S/C14H20N4S2/c1-18-8-10(7-16-18)2-3-12(17-15)14-6-11-9-19-5-4-13(11)20-14/h6-8,12,17H,2-5,9,15H2,1H3. The Morgan fingerprint density at radius 1 is 1.55 bits per heavy atom. The van der Waals surface area contributed by atoms with Gasteiger partial charge >= 0.3 is 0 Å². The first-order chi connectivity index (χ1) is 9.76. The SMILES string of the molecule is Cn1cc(CCC(NN)c2cc3c(s2)CCSC3)cn1. The van der Waals surface area contributed by atoms with Crippen molar-refractivity contribution in [1.82, 2.24) is 15.2 Å². The quantitative estimate of drug-likeness (QED) is 0.658. The number of fused-ring (bicyclic) bond motifs is 1. The minimum Gasteiger partial charge on any atom is -0.276 e. The highest BCUT2D eigenvalue weighted by Crippen LogP contribution is 2.35. The van der Waals surface area contributed by atoms with Gasteiger partial charge < -0.3 is 0 Å². The van der Waals surface area contributed by atoms with Crippen LogP contribution in [0.4, 0.5) is 0 Å². The molecule has 1 aliphatic heterocycles. The third kappa shape index (κ3) is 3.09. The molecule has 0 bridgehead atoms. The summed E-state index contributed by atoms with van der Waals surface area (Å²) in [5, 5.41) is 4.21. The van der Waals surface area contributed by atoms with Gasteiger partial charge in [0.15, 0.2) is 0 Å². The van der Waals surface area contributed by atoms with Crippen molar-refractivity contribution in [3.8, 4) is 0 Å². The van der Waals surface area contributed by atoms with Crippen LogP contribution in [0.3, 0.4) is 0 Å². The lowest BCUT2D eigenvalue weighted by atomic mass is 10.1. The number of nitrogens with zero attached hydrogens (tertiary/aromatic N) is 2. The molecule has 6 heteroatoms. The van der Waals surface area contributed by atoms with E-state index in [1.807, 2.05) is 41.0 Å². The van der Waals surface area contributed by atoms with Crippen LogP contribution >= 0.6 is 23.1 Å². The van der Waals surface area contributed by atoms with Gasteiger partial charge in [-0.05, 0) is 42.2 Å². The number of aromatic nitrogens is 2. The van der Waals surface area contributed by atoms with Crippen molar-refractivity contribution in [2.75, 3.05) is 5.75 Å². The first-order valence-electron chi connectivity index (χ1n) is 6.89. The number of rotatable bonds is 5. The average molecular weight is 308 g/mol. The summed E-state index contributed by atoms with van der Waals surface area (Å²) in [5.74, 6) is 8.17. The Balaban J connectivity index is 1.68. The summed E-state index contributed by atoms with van der Waals surface area (Å²) in [6.45, 7) is 0. The maximum atomic E-state index is 5.76. The molecular formula is C14H20N4S2. The molecule has 2 aromatic heterocycles. The zero-order valence-electron chi connectivity index (χ0n) is 11.6. The first kappa shape index (κ1) is 14.1. The highest BCUT2D eigenvalue weighted by atomic mass is 32.2. The molecule has 0 aliphatic carbocycles. The van der Waals surface area contributed by atoms with Crippen LogP contribution in [-0.4, -0.2) is 15.5 Å². The van der Waals surface area contributed by atoms with Gasteiger partial charge in [-0.1, -0.05) is 0 Å². The summed E-state index contributed by atoms with van der Waals surface area (Å²) in [6.07, 6.45) is 7.23. The molecule has 4 nitrogen and oxygen atoms in total. The van der Waals surface area contributed by atoms with Crippen LogP contribution in [0.1, 0.15) is 33.3 Å². The number of thioether (sulfide) groups is 1. The number of hydrogen-bond acceptors (Lipinski definition) is 5. The predicted molar refractivity (Wildman–Crippen MR) is 85.8 cm³/mol. The fraction of sp³-hybridized carbons (Fsp3) is 0.500. The Labute approximate surface area is 127 Å². The lowest BCUT2D eigenvalue weighted by Gasteiger charge is -2.13. The maximum absolute atomic E-state index is 5.76. The van der Waals surface area contributed by atoms with E-state index < -0.39 is 0 Å². The van der Waals surface area contributed by atoms with Gasteiger partial charge in [-0.2, -0.15) is 16.9 Å². The second-order valence-electron chi connectivity index (χ2n) is 5.18. The lowest BCUT2D eigenvalue weighted by molar-refractivity contribution is 0.524. The van der Waals surface area contributed by atoms with E-state index in [0.29, 0.717) is 0 Å². The van der Waals surface area contributed by atoms with Gasteiger partial charge in [-0.3, -0.25) is 16.0 Å². The predicted octanol–water partition coefficient (Wildman–Crippen LogP) is 2.41. The summed E-state index contributed by atoms with van der Waals surface area (Å²) in [4.78, 5) is 2.93. The Morgan fingerprint density at radius 2 is 2.45 bits per heavy atom. The fourth-order valence-electron chi connectivity index (χ4n) is 2.56. The van der Waals surface area contributed by atoms with Crippen molar-refractivity contribution in [3.63, 3.8) is 0 Å². The third-order valence-corrected chi connectivity index (χ3v) is 6.03. The Morgan fingerprint density at radius 3 is 3.15 bits per heavy atom. The number of nitrogens with two attached hydrogens (primary N) is 1. The second kappa shape index (κ2) is 6.30. The molecule has 3 heterocycles. The third-order valence-electron chi connectivity index (χ3n) is 3.67. The zero-order valence-corrected chi connectivity index (χ0v) is 13.3. The first-order valence-corrected chi connectivity index (χ1v) is 8.86. The number of hydrogen-bond donors (Lipinski definition) is 2. The molecule has 1 aliphatic rings. The number of hydrazine groups is 1. The summed E-state index contributed by atoms with van der Waals surface area (Å²) in [6, 6.07) is 2.59. The molecule has 108 valence electrons. The highest BCUT2D eigenvalue weighted by molar-refractivity contribution is 7.98. The Bertz CT molecular complexity index is 552. The van der Waals surface area contributed by atoms with E-state index in [4.69, 9.17) is 5.84 Å². The molecular weight excluding hydrogens is 288 g/mol. The largest absolute Gasteiger partial charge is 0.276 e. The highest BCUT2D eigenvalue weighted by Gasteiger charge is 2.18. The van der Waals surface area contributed by atoms with Gasteiger partial charge in [0.1, 0.15) is 0 Å². The molecule has 1 atom stereocenters. The van der Waals surface area contributed by atoms with E-state index in [2.05, 4.69) is 22.8 Å². The summed E-state index contributed by atoms with van der Waals surface area (Å²) in [5.41, 5.74) is 5.77. The van der Waals surface area contributed by atoms with Crippen molar-refractivity contribution >= 4 is 23.1 Å². The molecule has 0 aromatic carbocycles. The Hall–Kier alpha value is -0.820. The molecule has 20 heavy (non-hydrogen) atoms. The van der Waals surface area contributed by atoms with Crippen LogP contribution in [0.2, 0.25) is 0 Å². The van der Waals surface area contributed by atoms with Crippen LogP contribution < -0.4 is 11.3 Å². The Kier molecular flexibility index (Phi) is 4.45. The van der Waals surface area contributed by atoms with E-state index in [9.17, 15) is 0 Å². The van der Waals surface area contributed by atoms with Crippen LogP contribution in [0.15, 0.2) is 18.5 Å². The fourth-order valence-corrected chi connectivity index (χ4v) is 5.03. The maximum Gasteiger partial charge on any atom is 0.0556 e. The second-order valence-corrected chi connectivity index (χ2v) is 7.45. The molecule has 0 amide bonds. The smallest absolute Gasteiger partial charge is 0.0556 e. The van der Waals surface area contributed by atoms with Crippen LogP contribution in [0, 0.1) is 0 Å². The summed E-state index contributed by atoms with van der Waals surface area (Å²) in [7, 11) is 1.95. The van der Waals surface area contributed by atoms with Crippen molar-refractivity contribution in [2.24, 2.45) is 12.9 Å². The molecule has 1 unspecified atom stereocenters. The summed E-state index contributed by atoms with van der Waals surface area (Å²) < 4.78 is 1.85. The molecule has 3 N–H and O–H groups in total. The average Bonchev–Trinajstić information content (AvgIpc) is 3.05. The molecule has 0 fully saturated rings. The van der Waals surface area contributed by atoms with Crippen molar-refractivity contribution in [1.29, 1.82) is 0 Å². The zero-order chi connectivity index (χ0) is 13.9. The summed E-state index contributed by atoms with van der Waals surface area (Å²) >= 11 is 3.96. The number of thiophene rings is 1. The van der Waals surface area contributed by atoms with Crippen molar-refractivity contribution in [2.45, 2.75) is 31.1 Å². The lowest BCUT2D eigenvalue weighted by Crippen LogP contribution is -2.27. The van der Waals surface area contributed by atoms with Gasteiger partial charge in [0.05, 0.1) is 12.2 Å². The monoisotopic (exact) mass is 308 g/mol. The molecule has 0 radical (unpaired) electrons. The van der Waals surface area contributed by atoms with Gasteiger partial charge in [0, 0.05) is 28.8 Å². The number of aryl methyl sites for hydroxylation is 3. The van der Waals surface area contributed by atoms with E-state index in [-0.39, 0.29) is 6.04 Å². The molecule has 0 spiro atoms. The van der Waals surface area contributed by atoms with E-state index in [1.165, 1.54) is 28.2 Å². The number of nitrogens with one attached hydrogen (secondary N) is 1.